The normalized spacial score (nSPS) is 15.4. The van der Waals surface area contributed by atoms with Gasteiger partial charge in [-0.1, -0.05) is 6.92 Å². The number of aromatic nitrogens is 2. The van der Waals surface area contributed by atoms with Crippen LogP contribution in [-0.4, -0.2) is 15.3 Å². The lowest BCUT2D eigenvalue weighted by Gasteiger charge is -2.08. The van der Waals surface area contributed by atoms with Gasteiger partial charge in [0.2, 0.25) is 5.91 Å². The average molecular weight is 341 g/mol. The molecule has 1 aromatic carbocycles. The summed E-state index contributed by atoms with van der Waals surface area (Å²) in [5.74, 6) is 0.951. The monoisotopic (exact) mass is 341 g/mol. The van der Waals surface area contributed by atoms with Crippen LogP contribution in [-0.2, 0) is 17.9 Å². The van der Waals surface area contributed by atoms with E-state index >= 15 is 0 Å². The molecule has 24 heavy (non-hydrogen) atoms. The molecule has 124 valence electrons. The van der Waals surface area contributed by atoms with Crippen molar-refractivity contribution in [1.29, 1.82) is 0 Å². The van der Waals surface area contributed by atoms with E-state index in [1.807, 2.05) is 36.6 Å². The van der Waals surface area contributed by atoms with Gasteiger partial charge in [0.15, 0.2) is 0 Å². The van der Waals surface area contributed by atoms with Gasteiger partial charge >= 0.3 is 0 Å². The van der Waals surface area contributed by atoms with Crippen molar-refractivity contribution in [3.63, 3.8) is 0 Å². The van der Waals surface area contributed by atoms with E-state index in [-0.39, 0.29) is 11.3 Å². The third-order valence-corrected chi connectivity index (χ3v) is 5.11. The number of carbonyl (C=O) groups is 1. The number of ether oxygens (including phenoxy) is 1. The van der Waals surface area contributed by atoms with Crippen LogP contribution in [0.25, 0.3) is 10.9 Å². The van der Waals surface area contributed by atoms with Crippen molar-refractivity contribution in [3.8, 4) is 5.75 Å². The van der Waals surface area contributed by atoms with Crippen LogP contribution in [0.1, 0.15) is 31.2 Å². The Kier molecular flexibility index (Phi) is 3.76. The van der Waals surface area contributed by atoms with Crippen molar-refractivity contribution in [1.82, 2.24) is 14.7 Å². The van der Waals surface area contributed by atoms with Gasteiger partial charge in [-0.3, -0.25) is 4.79 Å². The molecule has 5 nitrogen and oxygen atoms in total. The van der Waals surface area contributed by atoms with E-state index in [1.165, 1.54) is 11.5 Å². The number of aromatic amines is 1. The molecule has 2 heterocycles. The second-order valence-electron chi connectivity index (χ2n) is 6.57. The molecule has 1 saturated carbocycles. The zero-order valence-electron chi connectivity index (χ0n) is 13.5. The summed E-state index contributed by atoms with van der Waals surface area (Å²) in [7, 11) is 0. The van der Waals surface area contributed by atoms with E-state index in [0.717, 1.165) is 40.9 Å². The minimum Gasteiger partial charge on any atom is -0.487 e. The van der Waals surface area contributed by atoms with Gasteiger partial charge in [0.05, 0.1) is 12.2 Å². The van der Waals surface area contributed by atoms with Crippen molar-refractivity contribution in [2.45, 2.75) is 32.9 Å². The number of amides is 1. The zero-order chi connectivity index (χ0) is 16.6. The highest BCUT2D eigenvalue weighted by Gasteiger charge is 2.44. The summed E-state index contributed by atoms with van der Waals surface area (Å²) in [5, 5.41) is 6.06. The molecule has 1 fully saturated rings. The fourth-order valence-electron chi connectivity index (χ4n) is 2.62. The van der Waals surface area contributed by atoms with Gasteiger partial charge in [-0.25, -0.2) is 0 Å². The smallest absolute Gasteiger partial charge is 0.226 e. The Labute approximate surface area is 144 Å². The standard InChI is InChI=1S/C18H19N3O2S/c1-18(5-6-18)17(22)19-10-14-8-12-2-3-15(9-16(12)20-14)23-11-13-4-7-24-21-13/h2-4,7-9,20H,5-6,10-11H2,1H3,(H,19,22). The summed E-state index contributed by atoms with van der Waals surface area (Å²) in [6.07, 6.45) is 1.98. The van der Waals surface area contributed by atoms with Crippen LogP contribution in [0.3, 0.4) is 0 Å². The molecule has 2 aromatic heterocycles. The largest absolute Gasteiger partial charge is 0.487 e. The topological polar surface area (TPSA) is 67.0 Å². The van der Waals surface area contributed by atoms with Crippen LogP contribution in [0.15, 0.2) is 35.7 Å². The maximum Gasteiger partial charge on any atom is 0.226 e. The molecule has 6 heteroatoms. The summed E-state index contributed by atoms with van der Waals surface area (Å²) >= 11 is 1.42. The minimum absolute atomic E-state index is 0.136. The number of hydrogen-bond donors (Lipinski definition) is 2. The Morgan fingerprint density at radius 2 is 2.25 bits per heavy atom. The van der Waals surface area contributed by atoms with Gasteiger partial charge in [-0.2, -0.15) is 4.37 Å². The van der Waals surface area contributed by atoms with E-state index in [9.17, 15) is 4.79 Å². The van der Waals surface area contributed by atoms with Crippen LogP contribution >= 0.6 is 11.5 Å². The SMILES string of the molecule is CC1(C(=O)NCc2cc3ccc(OCc4ccsn4)cc3[nH]2)CC1. The summed E-state index contributed by atoms with van der Waals surface area (Å²) in [6, 6.07) is 9.98. The molecule has 1 aliphatic carbocycles. The minimum atomic E-state index is -0.136. The summed E-state index contributed by atoms with van der Waals surface area (Å²) in [5.41, 5.74) is 2.80. The second kappa shape index (κ2) is 5.94. The first-order chi connectivity index (χ1) is 11.6. The van der Waals surface area contributed by atoms with E-state index < -0.39 is 0 Å². The maximum atomic E-state index is 12.0. The number of nitrogens with one attached hydrogen (secondary N) is 2. The molecular formula is C18H19N3O2S. The van der Waals surface area contributed by atoms with Crippen LogP contribution in [0.5, 0.6) is 5.75 Å². The lowest BCUT2D eigenvalue weighted by molar-refractivity contribution is -0.125. The molecule has 0 spiro atoms. The molecule has 0 bridgehead atoms. The molecule has 4 rings (SSSR count). The molecule has 1 aliphatic rings. The van der Waals surface area contributed by atoms with Crippen LogP contribution in [0.4, 0.5) is 0 Å². The number of nitrogens with zero attached hydrogens (tertiary/aromatic N) is 1. The van der Waals surface area contributed by atoms with E-state index in [4.69, 9.17) is 4.74 Å². The number of fused-ring (bicyclic) bond motifs is 1. The second-order valence-corrected chi connectivity index (χ2v) is 7.23. The average Bonchev–Trinajstić information content (AvgIpc) is 3.03. The van der Waals surface area contributed by atoms with Crippen molar-refractivity contribution in [2.75, 3.05) is 0 Å². The van der Waals surface area contributed by atoms with E-state index in [1.54, 1.807) is 0 Å². The molecule has 2 N–H and O–H groups in total. The Balaban J connectivity index is 1.42. The molecule has 0 radical (unpaired) electrons. The van der Waals surface area contributed by atoms with Gasteiger partial charge < -0.3 is 15.0 Å². The first-order valence-corrected chi connectivity index (χ1v) is 8.88. The first kappa shape index (κ1) is 15.2. The summed E-state index contributed by atoms with van der Waals surface area (Å²) < 4.78 is 10.0. The van der Waals surface area contributed by atoms with Gasteiger partial charge in [0.25, 0.3) is 0 Å². The van der Waals surface area contributed by atoms with Crippen LogP contribution < -0.4 is 10.1 Å². The quantitative estimate of drug-likeness (QED) is 0.719. The van der Waals surface area contributed by atoms with Crippen molar-refractivity contribution < 1.29 is 9.53 Å². The Morgan fingerprint density at radius 3 is 3.00 bits per heavy atom. The Bertz CT molecular complexity index is 866. The molecule has 0 unspecified atom stereocenters. The number of benzene rings is 1. The van der Waals surface area contributed by atoms with Crippen molar-refractivity contribution in [2.24, 2.45) is 5.41 Å². The Morgan fingerprint density at radius 1 is 1.38 bits per heavy atom. The highest BCUT2D eigenvalue weighted by atomic mass is 32.1. The molecule has 3 aromatic rings. The lowest BCUT2D eigenvalue weighted by atomic mass is 10.1. The lowest BCUT2D eigenvalue weighted by Crippen LogP contribution is -2.29. The molecular weight excluding hydrogens is 322 g/mol. The number of carbonyl (C=O) groups excluding carboxylic acids is 1. The van der Waals surface area contributed by atoms with Crippen molar-refractivity contribution >= 4 is 28.3 Å². The molecule has 0 saturated heterocycles. The maximum absolute atomic E-state index is 12.0. The fourth-order valence-corrected chi connectivity index (χ4v) is 3.15. The predicted octanol–water partition coefficient (Wildman–Crippen LogP) is 3.62. The molecule has 0 aliphatic heterocycles. The summed E-state index contributed by atoms with van der Waals surface area (Å²) in [4.78, 5) is 15.4. The van der Waals surface area contributed by atoms with Gasteiger partial charge in [-0.05, 0) is 54.0 Å². The molecule has 0 atom stereocenters. The number of hydrogen-bond acceptors (Lipinski definition) is 4. The van der Waals surface area contributed by atoms with Crippen molar-refractivity contribution in [3.05, 3.63) is 47.1 Å². The van der Waals surface area contributed by atoms with Crippen LogP contribution in [0, 0.1) is 5.41 Å². The van der Waals surface area contributed by atoms with Crippen LogP contribution in [0.2, 0.25) is 0 Å². The van der Waals surface area contributed by atoms with Gasteiger partial charge in [0.1, 0.15) is 12.4 Å². The third-order valence-electron chi connectivity index (χ3n) is 4.52. The summed E-state index contributed by atoms with van der Waals surface area (Å²) in [6.45, 7) is 3.01. The fraction of sp³-hybridized carbons (Fsp3) is 0.333. The number of H-pyrrole nitrogens is 1. The first-order valence-electron chi connectivity index (χ1n) is 8.04. The number of rotatable bonds is 6. The Hall–Kier alpha value is -2.34. The van der Waals surface area contributed by atoms with Gasteiger partial charge in [0, 0.05) is 28.1 Å². The molecule has 1 amide bonds. The van der Waals surface area contributed by atoms with E-state index in [2.05, 4.69) is 20.7 Å². The zero-order valence-corrected chi connectivity index (χ0v) is 14.3. The van der Waals surface area contributed by atoms with Gasteiger partial charge in [-0.15, -0.1) is 0 Å². The highest BCUT2D eigenvalue weighted by molar-refractivity contribution is 7.03. The highest BCUT2D eigenvalue weighted by Crippen LogP contribution is 2.45. The van der Waals surface area contributed by atoms with E-state index in [0.29, 0.717) is 13.2 Å². The predicted molar refractivity (Wildman–Crippen MR) is 93.9 cm³/mol. The third kappa shape index (κ3) is 3.14.